The monoisotopic (exact) mass is 516 g/mol. The molecule has 2 aromatic heterocycles. The first-order valence-electron chi connectivity index (χ1n) is 13.5. The van der Waals surface area contributed by atoms with Crippen LogP contribution in [0.1, 0.15) is 76.8 Å². The van der Waals surface area contributed by atoms with Crippen LogP contribution in [-0.4, -0.2) is 28.9 Å². The van der Waals surface area contributed by atoms with Crippen LogP contribution in [0.15, 0.2) is 60.8 Å². The van der Waals surface area contributed by atoms with Crippen LogP contribution < -0.4 is 16.0 Å². The smallest absolute Gasteiger partial charge is 0.262 e. The van der Waals surface area contributed by atoms with Crippen molar-refractivity contribution < 1.29 is 9.59 Å². The van der Waals surface area contributed by atoms with Gasteiger partial charge in [0.2, 0.25) is 5.91 Å². The summed E-state index contributed by atoms with van der Waals surface area (Å²) in [5.74, 6) is 0.313. The van der Waals surface area contributed by atoms with E-state index in [2.05, 4.69) is 33.1 Å². The highest BCUT2D eigenvalue weighted by molar-refractivity contribution is 7.14. The predicted octanol–water partition coefficient (Wildman–Crippen LogP) is 5.80. The molecular weight excluding hydrogens is 480 g/mol. The fourth-order valence-electron chi connectivity index (χ4n) is 5.13. The van der Waals surface area contributed by atoms with Gasteiger partial charge in [0.15, 0.2) is 0 Å². The number of rotatable bonds is 11. The fourth-order valence-corrected chi connectivity index (χ4v) is 6.09. The second kappa shape index (κ2) is 11.9. The second-order valence-electron chi connectivity index (χ2n) is 10.4. The van der Waals surface area contributed by atoms with Gasteiger partial charge < -0.3 is 16.0 Å². The molecule has 2 heterocycles. The van der Waals surface area contributed by atoms with Crippen molar-refractivity contribution in [1.29, 1.82) is 0 Å². The molecule has 2 aliphatic carbocycles. The highest BCUT2D eigenvalue weighted by atomic mass is 32.1. The predicted molar refractivity (Wildman–Crippen MR) is 149 cm³/mol. The van der Waals surface area contributed by atoms with Gasteiger partial charge in [-0.05, 0) is 68.4 Å². The van der Waals surface area contributed by atoms with E-state index in [9.17, 15) is 9.59 Å². The van der Waals surface area contributed by atoms with E-state index in [0.717, 1.165) is 54.8 Å². The number of aryl methyl sites for hydroxylation is 1. The molecule has 0 spiro atoms. The molecule has 0 unspecified atom stereocenters. The summed E-state index contributed by atoms with van der Waals surface area (Å²) in [6, 6.07) is 18.0. The quantitative estimate of drug-likeness (QED) is 0.301. The summed E-state index contributed by atoms with van der Waals surface area (Å²) >= 11 is 1.49. The summed E-state index contributed by atoms with van der Waals surface area (Å²) < 4.78 is 0. The molecule has 2 saturated carbocycles. The van der Waals surface area contributed by atoms with Gasteiger partial charge in [-0.25, -0.2) is 0 Å². The lowest BCUT2D eigenvalue weighted by Gasteiger charge is -2.21. The van der Waals surface area contributed by atoms with Gasteiger partial charge in [0.25, 0.3) is 5.91 Å². The van der Waals surface area contributed by atoms with Crippen molar-refractivity contribution in [2.75, 3.05) is 5.32 Å². The molecule has 0 aliphatic heterocycles. The molecule has 2 amide bonds. The van der Waals surface area contributed by atoms with Crippen molar-refractivity contribution in [3.8, 4) is 0 Å². The summed E-state index contributed by atoms with van der Waals surface area (Å²) in [6.07, 6.45) is 10.1. The van der Waals surface area contributed by atoms with Crippen LogP contribution in [0.3, 0.4) is 0 Å². The number of anilines is 1. The van der Waals surface area contributed by atoms with Crippen LogP contribution >= 0.6 is 11.3 Å². The summed E-state index contributed by atoms with van der Waals surface area (Å²) in [5.41, 5.74) is 3.14. The molecule has 0 radical (unpaired) electrons. The minimum Gasteiger partial charge on any atom is -0.376 e. The fraction of sp³-hybridized carbons (Fsp3) is 0.433. The molecule has 1 aromatic carbocycles. The Balaban J connectivity index is 1.32. The lowest BCUT2D eigenvalue weighted by atomic mass is 9.97. The zero-order valence-electron chi connectivity index (χ0n) is 21.4. The molecule has 2 aliphatic rings. The average molecular weight is 517 g/mol. The number of nitrogens with one attached hydrogen (secondary N) is 3. The van der Waals surface area contributed by atoms with Crippen molar-refractivity contribution in [1.82, 2.24) is 15.6 Å². The van der Waals surface area contributed by atoms with E-state index >= 15 is 0 Å². The summed E-state index contributed by atoms with van der Waals surface area (Å²) in [5, 5.41) is 9.84. The number of aromatic nitrogens is 1. The Morgan fingerprint density at radius 2 is 1.78 bits per heavy atom. The first-order valence-corrected chi connectivity index (χ1v) is 14.3. The normalized spacial score (nSPS) is 17.2. The maximum Gasteiger partial charge on any atom is 0.262 e. The Hall–Kier alpha value is -3.19. The Labute approximate surface area is 223 Å². The van der Waals surface area contributed by atoms with Crippen molar-refractivity contribution in [3.63, 3.8) is 0 Å². The lowest BCUT2D eigenvalue weighted by molar-refractivity contribution is -0.123. The van der Waals surface area contributed by atoms with Crippen LogP contribution in [-0.2, 0) is 11.2 Å². The molecule has 2 fully saturated rings. The Bertz CT molecular complexity index is 1200. The van der Waals surface area contributed by atoms with Gasteiger partial charge in [-0.15, -0.1) is 11.3 Å². The number of carbonyl (C=O) groups excluding carboxylic acids is 2. The zero-order valence-corrected chi connectivity index (χ0v) is 22.2. The third-order valence-corrected chi connectivity index (χ3v) is 8.60. The molecular formula is C30H36N4O2S. The third-order valence-electron chi connectivity index (χ3n) is 7.40. The molecule has 6 nitrogen and oxygen atoms in total. The molecule has 5 rings (SSSR count). The van der Waals surface area contributed by atoms with Gasteiger partial charge in [0, 0.05) is 17.1 Å². The number of benzene rings is 1. The van der Waals surface area contributed by atoms with E-state index in [0.29, 0.717) is 10.8 Å². The topological polar surface area (TPSA) is 83.1 Å². The van der Waals surface area contributed by atoms with Gasteiger partial charge in [0.1, 0.15) is 6.04 Å². The number of nitrogens with zero attached hydrogens (tertiary/aromatic N) is 1. The highest BCUT2D eigenvalue weighted by Gasteiger charge is 2.31. The zero-order chi connectivity index (χ0) is 25.6. The molecule has 7 heteroatoms. The number of carbonyl (C=O) groups is 2. The van der Waals surface area contributed by atoms with Crippen LogP contribution in [0.2, 0.25) is 0 Å². The molecule has 194 valence electrons. The molecule has 3 aromatic rings. The number of amides is 2. The first kappa shape index (κ1) is 25.5. The van der Waals surface area contributed by atoms with E-state index in [1.54, 1.807) is 6.20 Å². The molecule has 37 heavy (non-hydrogen) atoms. The van der Waals surface area contributed by atoms with Crippen LogP contribution in [0, 0.1) is 12.8 Å². The second-order valence-corrected chi connectivity index (χ2v) is 11.5. The van der Waals surface area contributed by atoms with Gasteiger partial charge in [-0.2, -0.15) is 0 Å². The SMILES string of the molecule is Cc1ncccc1N[C@H](Cc1ccccc1)c1ccc(C(=O)N[C@@H](CC2CCCC2)C(=O)NC2CC2)s1. The van der Waals surface area contributed by atoms with Crippen LogP contribution in [0.5, 0.6) is 0 Å². The molecule has 0 saturated heterocycles. The van der Waals surface area contributed by atoms with Crippen LogP contribution in [0.25, 0.3) is 0 Å². The number of hydrogen-bond donors (Lipinski definition) is 3. The molecule has 0 bridgehead atoms. The summed E-state index contributed by atoms with van der Waals surface area (Å²) in [7, 11) is 0. The Kier molecular flexibility index (Phi) is 8.19. The van der Waals surface area contributed by atoms with Crippen molar-refractivity contribution in [2.24, 2.45) is 5.92 Å². The van der Waals surface area contributed by atoms with E-state index in [1.807, 2.05) is 49.4 Å². The lowest BCUT2D eigenvalue weighted by Crippen LogP contribution is -2.48. The van der Waals surface area contributed by atoms with E-state index in [-0.39, 0.29) is 23.9 Å². The van der Waals surface area contributed by atoms with Gasteiger partial charge in [0.05, 0.1) is 22.3 Å². The van der Waals surface area contributed by atoms with Crippen molar-refractivity contribution >= 4 is 28.8 Å². The first-order chi connectivity index (χ1) is 18.0. The molecule has 3 N–H and O–H groups in total. The summed E-state index contributed by atoms with van der Waals surface area (Å²) in [6.45, 7) is 1.99. The van der Waals surface area contributed by atoms with Crippen molar-refractivity contribution in [2.45, 2.75) is 76.4 Å². The van der Waals surface area contributed by atoms with E-state index < -0.39 is 6.04 Å². The van der Waals surface area contributed by atoms with E-state index in [4.69, 9.17) is 0 Å². The molecule has 2 atom stereocenters. The minimum absolute atomic E-state index is 0.00991. The average Bonchev–Trinajstić information content (AvgIpc) is 3.34. The minimum atomic E-state index is -0.474. The maximum atomic E-state index is 13.3. The number of hydrogen-bond acceptors (Lipinski definition) is 5. The third kappa shape index (κ3) is 6.98. The Morgan fingerprint density at radius 1 is 1.00 bits per heavy atom. The maximum absolute atomic E-state index is 13.3. The van der Waals surface area contributed by atoms with Gasteiger partial charge in [-0.3, -0.25) is 14.6 Å². The summed E-state index contributed by atoms with van der Waals surface area (Å²) in [4.78, 5) is 32.4. The number of thiophene rings is 1. The number of pyridine rings is 1. The van der Waals surface area contributed by atoms with Crippen molar-refractivity contribution in [3.05, 3.63) is 81.8 Å². The van der Waals surface area contributed by atoms with E-state index in [1.165, 1.54) is 29.7 Å². The highest BCUT2D eigenvalue weighted by Crippen LogP contribution is 2.32. The van der Waals surface area contributed by atoms with Gasteiger partial charge >= 0.3 is 0 Å². The van der Waals surface area contributed by atoms with Crippen LogP contribution in [0.4, 0.5) is 5.69 Å². The standard InChI is InChI=1S/C30H36N4O2S/c1-20-24(12-7-17-31-20)33-25(18-21-8-3-2-4-9-21)27-15-16-28(37-27)30(36)34-26(19-22-10-5-6-11-22)29(35)32-23-13-14-23/h2-4,7-9,12,15-17,22-23,25-26,33H,5-6,10-11,13-14,18-19H2,1H3,(H,32,35)(H,34,36)/t25-,26+/m1/s1. The van der Waals surface area contributed by atoms with Gasteiger partial charge in [-0.1, -0.05) is 56.0 Å². The Morgan fingerprint density at radius 3 is 2.51 bits per heavy atom. The largest absolute Gasteiger partial charge is 0.376 e.